The van der Waals surface area contributed by atoms with Gasteiger partial charge in [-0.1, -0.05) is 66.8 Å². The quantitative estimate of drug-likeness (QED) is 0.474. The second-order valence-corrected chi connectivity index (χ2v) is 5.36. The summed E-state index contributed by atoms with van der Waals surface area (Å²) in [5.41, 5.74) is 2.88. The van der Waals surface area contributed by atoms with Crippen LogP contribution in [0.1, 0.15) is 18.1 Å². The Morgan fingerprint density at radius 1 is 1.00 bits per heavy atom. The number of carbonyl (C=O) groups excluding carboxylic acids is 2. The van der Waals surface area contributed by atoms with E-state index in [0.29, 0.717) is 6.42 Å². The molecule has 1 amide bonds. The van der Waals surface area contributed by atoms with Crippen molar-refractivity contribution in [3.8, 4) is 0 Å². The fourth-order valence-electron chi connectivity index (χ4n) is 2.23. The summed E-state index contributed by atoms with van der Waals surface area (Å²) in [5, 5.41) is 2.80. The number of allylic oxidation sites excluding steroid dienone is 3. The highest BCUT2D eigenvalue weighted by atomic mass is 16.5. The Balaban J connectivity index is 1.93. The minimum atomic E-state index is -0.550. The number of benzene rings is 2. The minimum Gasteiger partial charge on any atom is -0.452 e. The third-order valence-electron chi connectivity index (χ3n) is 3.41. The van der Waals surface area contributed by atoms with E-state index in [2.05, 4.69) is 5.32 Å². The summed E-state index contributed by atoms with van der Waals surface area (Å²) in [5.74, 6) is -0.917. The molecule has 25 heavy (non-hydrogen) atoms. The number of hydrogen-bond donors (Lipinski definition) is 1. The summed E-state index contributed by atoms with van der Waals surface area (Å²) in [6.07, 6.45) is 7.05. The monoisotopic (exact) mass is 335 g/mol. The lowest BCUT2D eigenvalue weighted by molar-refractivity contribution is -0.142. The van der Waals surface area contributed by atoms with Crippen LogP contribution in [0.2, 0.25) is 0 Å². The molecule has 0 aliphatic carbocycles. The van der Waals surface area contributed by atoms with Crippen LogP contribution in [0.5, 0.6) is 0 Å². The van der Waals surface area contributed by atoms with Gasteiger partial charge >= 0.3 is 5.97 Å². The van der Waals surface area contributed by atoms with Crippen molar-refractivity contribution in [2.24, 2.45) is 0 Å². The van der Waals surface area contributed by atoms with Gasteiger partial charge in [0.25, 0.3) is 5.91 Å². The van der Waals surface area contributed by atoms with E-state index in [4.69, 9.17) is 4.74 Å². The molecular formula is C21H21NO3. The molecular weight excluding hydrogens is 314 g/mol. The van der Waals surface area contributed by atoms with E-state index in [0.717, 1.165) is 16.8 Å². The van der Waals surface area contributed by atoms with Gasteiger partial charge in [0.2, 0.25) is 0 Å². The van der Waals surface area contributed by atoms with Crippen molar-refractivity contribution in [3.05, 3.63) is 90.0 Å². The van der Waals surface area contributed by atoms with Gasteiger partial charge in [-0.25, -0.2) is 4.79 Å². The molecule has 0 unspecified atom stereocenters. The maximum Gasteiger partial charge on any atom is 0.331 e. The molecule has 0 aromatic heterocycles. The van der Waals surface area contributed by atoms with Crippen LogP contribution in [0.4, 0.5) is 5.69 Å². The van der Waals surface area contributed by atoms with Crippen molar-refractivity contribution in [1.29, 1.82) is 0 Å². The summed E-state index contributed by atoms with van der Waals surface area (Å²) in [7, 11) is 0. The number of ether oxygens (including phenoxy) is 1. The lowest BCUT2D eigenvalue weighted by Gasteiger charge is -2.11. The van der Waals surface area contributed by atoms with Crippen molar-refractivity contribution in [2.45, 2.75) is 13.3 Å². The zero-order chi connectivity index (χ0) is 17.9. The van der Waals surface area contributed by atoms with Crippen molar-refractivity contribution in [3.63, 3.8) is 0 Å². The summed E-state index contributed by atoms with van der Waals surface area (Å²) in [4.78, 5) is 23.5. The molecule has 2 rings (SSSR count). The third kappa shape index (κ3) is 6.47. The molecule has 4 heteroatoms. The van der Waals surface area contributed by atoms with Crippen molar-refractivity contribution in [2.75, 3.05) is 11.9 Å². The van der Waals surface area contributed by atoms with Gasteiger partial charge in [0.1, 0.15) is 0 Å². The second-order valence-electron chi connectivity index (χ2n) is 5.36. The van der Waals surface area contributed by atoms with Gasteiger partial charge < -0.3 is 10.1 Å². The Kier molecular flexibility index (Phi) is 7.19. The average molecular weight is 335 g/mol. The Morgan fingerprint density at radius 2 is 1.72 bits per heavy atom. The van der Waals surface area contributed by atoms with Crippen LogP contribution in [0, 0.1) is 0 Å². The van der Waals surface area contributed by atoms with Gasteiger partial charge in [0.05, 0.1) is 0 Å². The molecule has 0 atom stereocenters. The molecule has 128 valence electrons. The normalized spacial score (nSPS) is 10.9. The standard InChI is InChI=1S/C21H21NO3/c1-2-3-5-14-21(24)25-16-20(23)22-19-13-9-8-12-18(19)15-17-10-6-4-7-11-17/h2-14H,15-16H2,1H3,(H,22,23)/b3-2+,14-5+. The number of anilines is 1. The number of amides is 1. The number of rotatable bonds is 7. The van der Waals surface area contributed by atoms with Crippen LogP contribution in [0.25, 0.3) is 0 Å². The molecule has 0 spiro atoms. The molecule has 0 radical (unpaired) electrons. The Labute approximate surface area is 147 Å². The van der Waals surface area contributed by atoms with E-state index in [1.54, 1.807) is 18.2 Å². The summed E-state index contributed by atoms with van der Waals surface area (Å²) in [6.45, 7) is 1.52. The summed E-state index contributed by atoms with van der Waals surface area (Å²) < 4.78 is 4.91. The maximum atomic E-state index is 12.0. The molecule has 0 fully saturated rings. The van der Waals surface area contributed by atoms with Crippen LogP contribution in [0.3, 0.4) is 0 Å². The first-order chi connectivity index (χ1) is 12.2. The van der Waals surface area contributed by atoms with Gasteiger partial charge in [-0.05, 0) is 30.5 Å². The summed E-state index contributed by atoms with van der Waals surface area (Å²) in [6, 6.07) is 17.6. The van der Waals surface area contributed by atoms with E-state index in [-0.39, 0.29) is 12.5 Å². The van der Waals surface area contributed by atoms with E-state index >= 15 is 0 Å². The highest BCUT2D eigenvalue weighted by Gasteiger charge is 2.09. The van der Waals surface area contributed by atoms with E-state index in [9.17, 15) is 9.59 Å². The van der Waals surface area contributed by atoms with Crippen LogP contribution in [-0.4, -0.2) is 18.5 Å². The number of carbonyl (C=O) groups is 2. The average Bonchev–Trinajstić information content (AvgIpc) is 2.63. The Morgan fingerprint density at radius 3 is 2.48 bits per heavy atom. The van der Waals surface area contributed by atoms with Crippen LogP contribution in [0.15, 0.2) is 78.9 Å². The van der Waals surface area contributed by atoms with Gasteiger partial charge in [-0.3, -0.25) is 4.79 Å². The van der Waals surface area contributed by atoms with Crippen molar-refractivity contribution in [1.82, 2.24) is 0 Å². The Hall–Kier alpha value is -3.14. The van der Waals surface area contributed by atoms with E-state index in [1.807, 2.05) is 61.5 Å². The lowest BCUT2D eigenvalue weighted by atomic mass is 10.0. The molecule has 0 heterocycles. The maximum absolute atomic E-state index is 12.0. The van der Waals surface area contributed by atoms with Gasteiger partial charge in [-0.2, -0.15) is 0 Å². The van der Waals surface area contributed by atoms with Gasteiger partial charge in [-0.15, -0.1) is 0 Å². The number of esters is 1. The zero-order valence-electron chi connectivity index (χ0n) is 14.1. The predicted octanol–water partition coefficient (Wildman–Crippen LogP) is 3.89. The SMILES string of the molecule is C/C=C/C=C/C(=O)OCC(=O)Nc1ccccc1Cc1ccccc1. The van der Waals surface area contributed by atoms with Crippen molar-refractivity contribution >= 4 is 17.6 Å². The second kappa shape index (κ2) is 9.88. The first kappa shape index (κ1) is 18.2. The van der Waals surface area contributed by atoms with Gasteiger partial charge in [0, 0.05) is 11.8 Å². The fraction of sp³-hybridized carbons (Fsp3) is 0.143. The van der Waals surface area contributed by atoms with Gasteiger partial charge in [0.15, 0.2) is 6.61 Å². The fourth-order valence-corrected chi connectivity index (χ4v) is 2.23. The first-order valence-corrected chi connectivity index (χ1v) is 8.07. The number of hydrogen-bond acceptors (Lipinski definition) is 3. The van der Waals surface area contributed by atoms with Crippen molar-refractivity contribution < 1.29 is 14.3 Å². The van der Waals surface area contributed by atoms with E-state index < -0.39 is 5.97 Å². The van der Waals surface area contributed by atoms with Crippen LogP contribution < -0.4 is 5.32 Å². The predicted molar refractivity (Wildman–Crippen MR) is 99.2 cm³/mol. The third-order valence-corrected chi connectivity index (χ3v) is 3.41. The largest absolute Gasteiger partial charge is 0.452 e. The topological polar surface area (TPSA) is 55.4 Å². The van der Waals surface area contributed by atoms with Crippen LogP contribution >= 0.6 is 0 Å². The van der Waals surface area contributed by atoms with Crippen LogP contribution in [-0.2, 0) is 20.7 Å². The molecule has 2 aromatic rings. The molecule has 0 saturated heterocycles. The summed E-state index contributed by atoms with van der Waals surface area (Å²) >= 11 is 0. The molecule has 2 aromatic carbocycles. The minimum absolute atomic E-state index is 0.321. The molecule has 0 aliphatic rings. The number of para-hydroxylation sites is 1. The van der Waals surface area contributed by atoms with E-state index in [1.165, 1.54) is 6.08 Å². The number of nitrogens with one attached hydrogen (secondary N) is 1. The Bertz CT molecular complexity index is 764. The first-order valence-electron chi connectivity index (χ1n) is 8.07. The smallest absolute Gasteiger partial charge is 0.331 e. The molecule has 0 aliphatic heterocycles. The molecule has 0 bridgehead atoms. The molecule has 4 nitrogen and oxygen atoms in total. The highest BCUT2D eigenvalue weighted by molar-refractivity contribution is 5.94. The highest BCUT2D eigenvalue weighted by Crippen LogP contribution is 2.19. The lowest BCUT2D eigenvalue weighted by Crippen LogP contribution is -2.20. The molecule has 0 saturated carbocycles. The molecule has 1 N–H and O–H groups in total. The zero-order valence-corrected chi connectivity index (χ0v) is 14.1.